The number of benzene rings is 1. The largest absolute Gasteiger partial charge is 0.490 e. The lowest BCUT2D eigenvalue weighted by molar-refractivity contribution is 0.0492. The van der Waals surface area contributed by atoms with Crippen molar-refractivity contribution < 1.29 is 19.4 Å². The fourth-order valence-corrected chi connectivity index (χ4v) is 1.30. The first-order valence-corrected chi connectivity index (χ1v) is 5.89. The van der Waals surface area contributed by atoms with Gasteiger partial charge in [-0.3, -0.25) is 0 Å². The fraction of sp³-hybridized carbons (Fsp3) is 0.357. The van der Waals surface area contributed by atoms with E-state index in [0.29, 0.717) is 37.4 Å². The van der Waals surface area contributed by atoms with Crippen LogP contribution in [0.5, 0.6) is 5.75 Å². The van der Waals surface area contributed by atoms with Gasteiger partial charge in [0.1, 0.15) is 12.4 Å². The van der Waals surface area contributed by atoms with E-state index in [9.17, 15) is 4.79 Å². The number of hydrogen-bond donors (Lipinski definition) is 1. The van der Waals surface area contributed by atoms with Crippen LogP contribution >= 0.6 is 0 Å². The molecule has 4 heteroatoms. The maximum atomic E-state index is 11.6. The molecule has 0 fully saturated rings. The van der Waals surface area contributed by atoms with Crippen LogP contribution in [0.3, 0.4) is 0 Å². The summed E-state index contributed by atoms with van der Waals surface area (Å²) in [6.07, 6.45) is 2.97. The van der Waals surface area contributed by atoms with Crippen molar-refractivity contribution in [2.45, 2.75) is 12.8 Å². The lowest BCUT2D eigenvalue weighted by Crippen LogP contribution is -2.06. The van der Waals surface area contributed by atoms with Gasteiger partial charge < -0.3 is 14.6 Å². The van der Waals surface area contributed by atoms with Gasteiger partial charge in [0.05, 0.1) is 12.2 Å². The number of hydrogen-bond acceptors (Lipinski definition) is 4. The van der Waals surface area contributed by atoms with Crippen LogP contribution in [-0.4, -0.2) is 30.9 Å². The van der Waals surface area contributed by atoms with Gasteiger partial charge in [-0.05, 0) is 37.1 Å². The van der Waals surface area contributed by atoms with E-state index in [4.69, 9.17) is 14.6 Å². The van der Waals surface area contributed by atoms with Crippen LogP contribution in [0.15, 0.2) is 36.9 Å². The molecule has 0 heterocycles. The number of aliphatic hydroxyl groups is 1. The molecule has 1 N–H and O–H groups in total. The number of carbonyl (C=O) groups is 1. The van der Waals surface area contributed by atoms with E-state index < -0.39 is 0 Å². The first-order chi connectivity index (χ1) is 8.77. The molecule has 1 aromatic rings. The molecule has 0 atom stereocenters. The molecule has 0 radical (unpaired) electrons. The van der Waals surface area contributed by atoms with Crippen molar-refractivity contribution in [1.29, 1.82) is 0 Å². The van der Waals surface area contributed by atoms with Gasteiger partial charge >= 0.3 is 5.97 Å². The normalized spacial score (nSPS) is 9.83. The number of esters is 1. The zero-order chi connectivity index (χ0) is 13.2. The number of rotatable bonds is 8. The van der Waals surface area contributed by atoms with Crippen molar-refractivity contribution in [2.24, 2.45) is 0 Å². The Labute approximate surface area is 107 Å². The molecule has 0 amide bonds. The lowest BCUT2D eigenvalue weighted by atomic mass is 10.2. The minimum absolute atomic E-state index is 0.118. The quantitative estimate of drug-likeness (QED) is 0.436. The maximum absolute atomic E-state index is 11.6. The van der Waals surface area contributed by atoms with Gasteiger partial charge in [0.15, 0.2) is 0 Å². The fourth-order valence-electron chi connectivity index (χ4n) is 1.30. The predicted molar refractivity (Wildman–Crippen MR) is 68.7 cm³/mol. The zero-order valence-electron chi connectivity index (χ0n) is 10.3. The zero-order valence-corrected chi connectivity index (χ0v) is 10.3. The average molecular weight is 250 g/mol. The van der Waals surface area contributed by atoms with Crippen LogP contribution in [0.2, 0.25) is 0 Å². The first-order valence-electron chi connectivity index (χ1n) is 5.89. The SMILES string of the molecule is C=CCOc1ccc(C(=O)OCCCCO)cc1. The molecule has 0 aliphatic rings. The Morgan fingerprint density at radius 3 is 2.61 bits per heavy atom. The summed E-state index contributed by atoms with van der Waals surface area (Å²) < 4.78 is 10.3. The van der Waals surface area contributed by atoms with Crippen molar-refractivity contribution >= 4 is 5.97 Å². The van der Waals surface area contributed by atoms with E-state index >= 15 is 0 Å². The van der Waals surface area contributed by atoms with E-state index in [1.165, 1.54) is 0 Å². The Morgan fingerprint density at radius 1 is 1.28 bits per heavy atom. The van der Waals surface area contributed by atoms with Crippen LogP contribution < -0.4 is 4.74 Å². The molecule has 0 saturated heterocycles. The van der Waals surface area contributed by atoms with Gasteiger partial charge in [0.25, 0.3) is 0 Å². The molecule has 0 unspecified atom stereocenters. The molecule has 0 bridgehead atoms. The van der Waals surface area contributed by atoms with Crippen LogP contribution in [0, 0.1) is 0 Å². The highest BCUT2D eigenvalue weighted by molar-refractivity contribution is 5.89. The van der Waals surface area contributed by atoms with Crippen molar-refractivity contribution in [3.8, 4) is 5.75 Å². The average Bonchev–Trinajstić information content (AvgIpc) is 2.41. The van der Waals surface area contributed by atoms with Gasteiger partial charge in [0.2, 0.25) is 0 Å². The van der Waals surface area contributed by atoms with Crippen molar-refractivity contribution in [3.05, 3.63) is 42.5 Å². The minimum Gasteiger partial charge on any atom is -0.490 e. The van der Waals surface area contributed by atoms with Crippen LogP contribution in [0.25, 0.3) is 0 Å². The predicted octanol–water partition coefficient (Wildman–Crippen LogP) is 2.18. The molecule has 1 rings (SSSR count). The number of unbranched alkanes of at least 4 members (excludes halogenated alkanes) is 1. The summed E-state index contributed by atoms with van der Waals surface area (Å²) in [5, 5.41) is 8.59. The van der Waals surface area contributed by atoms with E-state index in [0.717, 1.165) is 0 Å². The second-order valence-electron chi connectivity index (χ2n) is 3.69. The highest BCUT2D eigenvalue weighted by atomic mass is 16.5. The van der Waals surface area contributed by atoms with E-state index in [-0.39, 0.29) is 12.6 Å². The molecule has 4 nitrogen and oxygen atoms in total. The minimum atomic E-state index is -0.358. The third kappa shape index (κ3) is 5.01. The Balaban J connectivity index is 2.41. The number of aliphatic hydroxyl groups excluding tert-OH is 1. The smallest absolute Gasteiger partial charge is 0.338 e. The highest BCUT2D eigenvalue weighted by Crippen LogP contribution is 2.13. The number of carbonyl (C=O) groups excluding carboxylic acids is 1. The molecule has 18 heavy (non-hydrogen) atoms. The van der Waals surface area contributed by atoms with Crippen LogP contribution in [-0.2, 0) is 4.74 Å². The van der Waals surface area contributed by atoms with Crippen LogP contribution in [0.4, 0.5) is 0 Å². The summed E-state index contributed by atoms with van der Waals surface area (Å²) in [6.45, 7) is 4.43. The molecular weight excluding hydrogens is 232 g/mol. The van der Waals surface area contributed by atoms with Crippen LogP contribution in [0.1, 0.15) is 23.2 Å². The second-order valence-corrected chi connectivity index (χ2v) is 3.69. The third-order valence-corrected chi connectivity index (χ3v) is 2.24. The molecule has 98 valence electrons. The standard InChI is InChI=1S/C14H18O4/c1-2-10-17-13-7-5-12(6-8-13)14(16)18-11-4-3-9-15/h2,5-8,15H,1,3-4,9-11H2. The Kier molecular flexibility index (Phi) is 6.58. The van der Waals surface area contributed by atoms with E-state index in [1.54, 1.807) is 30.3 Å². The van der Waals surface area contributed by atoms with Crippen molar-refractivity contribution in [2.75, 3.05) is 19.8 Å². The Morgan fingerprint density at radius 2 is 2.00 bits per heavy atom. The summed E-state index contributed by atoms with van der Waals surface area (Å²) >= 11 is 0. The van der Waals surface area contributed by atoms with E-state index in [2.05, 4.69) is 6.58 Å². The third-order valence-electron chi connectivity index (χ3n) is 2.24. The topological polar surface area (TPSA) is 55.8 Å². The molecule has 1 aromatic carbocycles. The summed E-state index contributed by atoms with van der Waals surface area (Å²) in [5.74, 6) is 0.329. The number of ether oxygens (including phenoxy) is 2. The molecule has 0 aliphatic heterocycles. The molecule has 0 aliphatic carbocycles. The first kappa shape index (κ1) is 14.3. The summed E-state index contributed by atoms with van der Waals surface area (Å²) in [5.41, 5.74) is 0.491. The highest BCUT2D eigenvalue weighted by Gasteiger charge is 2.06. The monoisotopic (exact) mass is 250 g/mol. The molecule has 0 aromatic heterocycles. The maximum Gasteiger partial charge on any atom is 0.338 e. The van der Waals surface area contributed by atoms with Gasteiger partial charge in [0, 0.05) is 6.61 Å². The van der Waals surface area contributed by atoms with Gasteiger partial charge in [-0.1, -0.05) is 12.7 Å². The van der Waals surface area contributed by atoms with Gasteiger partial charge in [-0.2, -0.15) is 0 Å². The summed E-state index contributed by atoms with van der Waals surface area (Å²) in [4.78, 5) is 11.6. The van der Waals surface area contributed by atoms with Gasteiger partial charge in [-0.15, -0.1) is 0 Å². The van der Waals surface area contributed by atoms with Crippen molar-refractivity contribution in [3.63, 3.8) is 0 Å². The Bertz CT molecular complexity index is 370. The molecular formula is C14H18O4. The molecule has 0 spiro atoms. The lowest BCUT2D eigenvalue weighted by Gasteiger charge is -2.06. The summed E-state index contributed by atoms with van der Waals surface area (Å²) in [6, 6.07) is 6.75. The Hall–Kier alpha value is -1.81. The van der Waals surface area contributed by atoms with Crippen molar-refractivity contribution in [1.82, 2.24) is 0 Å². The van der Waals surface area contributed by atoms with E-state index in [1.807, 2.05) is 0 Å². The second kappa shape index (κ2) is 8.31. The summed E-state index contributed by atoms with van der Waals surface area (Å²) in [7, 11) is 0. The molecule has 0 saturated carbocycles. The van der Waals surface area contributed by atoms with Gasteiger partial charge in [-0.25, -0.2) is 4.79 Å².